The highest BCUT2D eigenvalue weighted by molar-refractivity contribution is 9.18. The fourth-order valence-electron chi connectivity index (χ4n) is 1.11. The van der Waals surface area contributed by atoms with Crippen LogP contribution in [0.5, 0.6) is 0 Å². The summed E-state index contributed by atoms with van der Waals surface area (Å²) in [5.41, 5.74) is 1.11. The molecule has 0 fully saturated rings. The van der Waals surface area contributed by atoms with E-state index in [0.717, 1.165) is 16.6 Å². The average Bonchev–Trinajstić information content (AvgIpc) is 2.54. The quantitative estimate of drug-likeness (QED) is 0.737. The third-order valence-corrected chi connectivity index (χ3v) is 2.18. The Balaban J connectivity index is 2.14. The van der Waals surface area contributed by atoms with Crippen molar-refractivity contribution in [1.82, 2.24) is 4.98 Å². The van der Waals surface area contributed by atoms with E-state index in [-0.39, 0.29) is 6.10 Å². The summed E-state index contributed by atoms with van der Waals surface area (Å²) in [6.45, 7) is 0. The molecule has 4 heteroatoms. The lowest BCUT2D eigenvalue weighted by Crippen LogP contribution is -1.96. The summed E-state index contributed by atoms with van der Waals surface area (Å²) >= 11 is 3.29. The molecule has 0 aliphatic carbocycles. The van der Waals surface area contributed by atoms with Crippen LogP contribution in [0.3, 0.4) is 0 Å². The molecule has 0 N–H and O–H groups in total. The number of oxime groups is 1. The molecule has 1 aromatic heterocycles. The zero-order valence-electron chi connectivity index (χ0n) is 6.27. The Hall–Kier alpha value is -0.900. The van der Waals surface area contributed by atoms with Crippen LogP contribution in [0.1, 0.15) is 18.1 Å². The van der Waals surface area contributed by atoms with Crippen molar-refractivity contribution in [2.24, 2.45) is 5.16 Å². The predicted octanol–water partition coefficient (Wildman–Crippen LogP) is 2.25. The third kappa shape index (κ3) is 1.48. The fraction of sp³-hybridized carbons (Fsp3) is 0.250. The average molecular weight is 227 g/mol. The number of pyridine rings is 1. The molecule has 0 saturated heterocycles. The molecule has 0 bridgehead atoms. The molecule has 62 valence electrons. The lowest BCUT2D eigenvalue weighted by molar-refractivity contribution is 0.0857. The summed E-state index contributed by atoms with van der Waals surface area (Å²) in [5.74, 6) is 0. The molecule has 0 amide bonds. The molecule has 0 unspecified atom stereocenters. The van der Waals surface area contributed by atoms with Crippen molar-refractivity contribution in [1.29, 1.82) is 0 Å². The maximum atomic E-state index is 5.16. The molecule has 0 spiro atoms. The lowest BCUT2D eigenvalue weighted by atomic mass is 10.1. The predicted molar refractivity (Wildman–Crippen MR) is 49.0 cm³/mol. The van der Waals surface area contributed by atoms with Gasteiger partial charge in [0, 0.05) is 18.8 Å². The highest BCUT2D eigenvalue weighted by atomic mass is 79.9. The molecule has 2 rings (SSSR count). The van der Waals surface area contributed by atoms with Crippen LogP contribution in [0.15, 0.2) is 29.7 Å². The standard InChI is InChI=1S/C8H7BrN2O/c9-8-5-7(12-11-8)6-1-3-10-4-2-6/h1-4,7H,5H2/t7-/m1/s1. The number of rotatable bonds is 1. The van der Waals surface area contributed by atoms with Crippen LogP contribution >= 0.6 is 15.9 Å². The van der Waals surface area contributed by atoms with Crippen molar-refractivity contribution in [2.45, 2.75) is 12.5 Å². The minimum atomic E-state index is 0.0578. The number of hydrogen-bond donors (Lipinski definition) is 0. The monoisotopic (exact) mass is 226 g/mol. The zero-order valence-corrected chi connectivity index (χ0v) is 7.86. The Morgan fingerprint density at radius 3 is 2.75 bits per heavy atom. The van der Waals surface area contributed by atoms with Gasteiger partial charge in [-0.1, -0.05) is 5.16 Å². The normalized spacial score (nSPS) is 21.8. The number of halogens is 1. The van der Waals surface area contributed by atoms with Gasteiger partial charge in [0.15, 0.2) is 6.10 Å². The van der Waals surface area contributed by atoms with Gasteiger partial charge >= 0.3 is 0 Å². The van der Waals surface area contributed by atoms with E-state index in [9.17, 15) is 0 Å². The van der Waals surface area contributed by atoms with Gasteiger partial charge in [0.2, 0.25) is 0 Å². The maximum Gasteiger partial charge on any atom is 0.158 e. The van der Waals surface area contributed by atoms with Crippen molar-refractivity contribution >= 4 is 20.6 Å². The Morgan fingerprint density at radius 2 is 2.17 bits per heavy atom. The van der Waals surface area contributed by atoms with E-state index < -0.39 is 0 Å². The molecule has 0 radical (unpaired) electrons. The number of aromatic nitrogens is 1. The van der Waals surface area contributed by atoms with E-state index in [0.29, 0.717) is 0 Å². The minimum absolute atomic E-state index is 0.0578. The van der Waals surface area contributed by atoms with Gasteiger partial charge in [-0.15, -0.1) is 0 Å². The first-order valence-corrected chi connectivity index (χ1v) is 4.43. The van der Waals surface area contributed by atoms with Crippen LogP contribution in [-0.4, -0.2) is 9.60 Å². The fourth-order valence-corrected chi connectivity index (χ4v) is 1.48. The number of nitrogens with zero attached hydrogens (tertiary/aromatic N) is 2. The van der Waals surface area contributed by atoms with E-state index in [1.807, 2.05) is 12.1 Å². The van der Waals surface area contributed by atoms with Gasteiger partial charge in [-0.25, -0.2) is 0 Å². The Labute approximate surface area is 78.6 Å². The topological polar surface area (TPSA) is 34.5 Å². The molecular formula is C8H7BrN2O. The summed E-state index contributed by atoms with van der Waals surface area (Å²) in [5, 5.41) is 3.81. The Morgan fingerprint density at radius 1 is 1.42 bits per heavy atom. The van der Waals surface area contributed by atoms with Crippen molar-refractivity contribution in [3.63, 3.8) is 0 Å². The van der Waals surface area contributed by atoms with Crippen LogP contribution in [0.2, 0.25) is 0 Å². The highest BCUT2D eigenvalue weighted by Gasteiger charge is 2.20. The largest absolute Gasteiger partial charge is 0.386 e. The summed E-state index contributed by atoms with van der Waals surface area (Å²) in [6, 6.07) is 3.87. The van der Waals surface area contributed by atoms with E-state index in [1.165, 1.54) is 0 Å². The van der Waals surface area contributed by atoms with Gasteiger partial charge in [-0.3, -0.25) is 4.98 Å². The molecule has 1 aliphatic heterocycles. The first-order valence-electron chi connectivity index (χ1n) is 3.64. The smallest absolute Gasteiger partial charge is 0.158 e. The molecule has 1 aliphatic rings. The maximum absolute atomic E-state index is 5.16. The SMILES string of the molecule is BrC1=NO[C@@H](c2ccncc2)C1. The van der Waals surface area contributed by atoms with Crippen LogP contribution in [0.4, 0.5) is 0 Å². The van der Waals surface area contributed by atoms with Gasteiger partial charge in [0.1, 0.15) is 4.62 Å². The van der Waals surface area contributed by atoms with Gasteiger partial charge < -0.3 is 4.84 Å². The van der Waals surface area contributed by atoms with Gasteiger partial charge in [-0.2, -0.15) is 0 Å². The van der Waals surface area contributed by atoms with Crippen LogP contribution < -0.4 is 0 Å². The molecule has 0 aromatic carbocycles. The van der Waals surface area contributed by atoms with Crippen LogP contribution in [0, 0.1) is 0 Å². The van der Waals surface area contributed by atoms with Gasteiger partial charge in [-0.05, 0) is 33.6 Å². The summed E-state index contributed by atoms with van der Waals surface area (Å²) in [6.07, 6.45) is 4.38. The van der Waals surface area contributed by atoms with Crippen LogP contribution in [-0.2, 0) is 4.84 Å². The zero-order chi connectivity index (χ0) is 8.39. The van der Waals surface area contributed by atoms with Crippen molar-refractivity contribution < 1.29 is 4.84 Å². The van der Waals surface area contributed by atoms with Crippen LogP contribution in [0.25, 0.3) is 0 Å². The highest BCUT2D eigenvalue weighted by Crippen LogP contribution is 2.28. The number of hydrogen-bond acceptors (Lipinski definition) is 3. The van der Waals surface area contributed by atoms with Gasteiger partial charge in [0.25, 0.3) is 0 Å². The Kier molecular flexibility index (Phi) is 2.08. The third-order valence-electron chi connectivity index (χ3n) is 1.71. The summed E-state index contributed by atoms with van der Waals surface area (Å²) in [4.78, 5) is 9.10. The van der Waals surface area contributed by atoms with E-state index in [2.05, 4.69) is 26.1 Å². The molecule has 2 heterocycles. The first-order chi connectivity index (χ1) is 5.86. The minimum Gasteiger partial charge on any atom is -0.386 e. The molecule has 0 saturated carbocycles. The summed E-state index contributed by atoms with van der Waals surface area (Å²) in [7, 11) is 0. The van der Waals surface area contributed by atoms with E-state index in [4.69, 9.17) is 4.84 Å². The van der Waals surface area contributed by atoms with Crippen molar-refractivity contribution in [3.05, 3.63) is 30.1 Å². The second kappa shape index (κ2) is 3.23. The second-order valence-electron chi connectivity index (χ2n) is 2.55. The lowest BCUT2D eigenvalue weighted by Gasteiger charge is -2.06. The van der Waals surface area contributed by atoms with E-state index in [1.54, 1.807) is 12.4 Å². The Bertz CT molecular complexity index is 299. The van der Waals surface area contributed by atoms with Gasteiger partial charge in [0.05, 0.1) is 0 Å². The second-order valence-corrected chi connectivity index (χ2v) is 3.46. The molecule has 1 atom stereocenters. The summed E-state index contributed by atoms with van der Waals surface area (Å²) < 4.78 is 0.865. The molecule has 12 heavy (non-hydrogen) atoms. The van der Waals surface area contributed by atoms with Crippen molar-refractivity contribution in [3.8, 4) is 0 Å². The first kappa shape index (κ1) is 7.73. The molecular weight excluding hydrogens is 220 g/mol. The molecule has 3 nitrogen and oxygen atoms in total. The van der Waals surface area contributed by atoms with E-state index >= 15 is 0 Å². The van der Waals surface area contributed by atoms with Crippen molar-refractivity contribution in [2.75, 3.05) is 0 Å². The molecule has 1 aromatic rings.